The van der Waals surface area contributed by atoms with Gasteiger partial charge in [0, 0.05) is 6.92 Å². The third kappa shape index (κ3) is 2.45. The highest BCUT2D eigenvalue weighted by Gasteiger charge is 2.15. The molecule has 9 heavy (non-hydrogen) atoms. The molecule has 0 spiro atoms. The summed E-state index contributed by atoms with van der Waals surface area (Å²) in [6, 6.07) is 0. The minimum atomic E-state index is 0. The molecule has 0 aliphatic carbocycles. The summed E-state index contributed by atoms with van der Waals surface area (Å²) in [5.41, 5.74) is 0. The van der Waals surface area contributed by atoms with Crippen molar-refractivity contribution in [2.75, 3.05) is 18.8 Å². The molecule has 0 saturated heterocycles. The fourth-order valence-electron chi connectivity index (χ4n) is 0.933. The van der Waals surface area contributed by atoms with E-state index in [-0.39, 0.29) is 24.0 Å². The number of hydrogen-bond donors (Lipinski definition) is 0. The average Bonchev–Trinajstić information content (AvgIpc) is 2.14. The molecule has 0 amide bonds. The monoisotopic (exact) mass is 257 g/mol. The zero-order valence-electron chi connectivity index (χ0n) is 5.85. The van der Waals surface area contributed by atoms with Crippen LogP contribution in [-0.2, 0) is 0 Å². The molecule has 0 saturated carbocycles. The summed E-state index contributed by atoms with van der Waals surface area (Å²) in [6.07, 6.45) is 0. The molecule has 54 valence electrons. The highest BCUT2D eigenvalue weighted by Crippen LogP contribution is 2.09. The van der Waals surface area contributed by atoms with Crippen molar-refractivity contribution >= 4 is 16.8 Å². The first-order valence-electron chi connectivity index (χ1n) is 3.06. The summed E-state index contributed by atoms with van der Waals surface area (Å²) in [4.78, 5) is 0. The van der Waals surface area contributed by atoms with Crippen molar-refractivity contribution < 1.29 is 28.6 Å². The molecule has 0 aromatic carbocycles. The van der Waals surface area contributed by atoms with Gasteiger partial charge in [0.25, 0.3) is 0 Å². The smallest absolute Gasteiger partial charge is 0.207 e. The van der Waals surface area contributed by atoms with Crippen LogP contribution in [0.4, 0.5) is 0 Å². The summed E-state index contributed by atoms with van der Waals surface area (Å²) >= 11 is 1.97. The van der Waals surface area contributed by atoms with Crippen LogP contribution in [0.1, 0.15) is 13.8 Å². The predicted octanol–water partition coefficient (Wildman–Crippen LogP) is -1.81. The second-order valence-electron chi connectivity index (χ2n) is 1.95. The molecule has 1 heterocycles. The maximum absolute atomic E-state index is 2.41. The zero-order valence-corrected chi connectivity index (χ0v) is 8.83. The highest BCUT2D eigenvalue weighted by molar-refractivity contribution is 8.13. The molecule has 1 nitrogen and oxygen atoms in total. The molecule has 0 aromatic rings. The van der Waals surface area contributed by atoms with Gasteiger partial charge in [-0.2, -0.15) is 0 Å². The summed E-state index contributed by atoms with van der Waals surface area (Å²) in [5.74, 6) is 1.29. The SMILES string of the molecule is CC[N+]1=C(C)SCC1.[I-]. The molecular weight excluding hydrogens is 245 g/mol. The van der Waals surface area contributed by atoms with Gasteiger partial charge in [-0.3, -0.25) is 0 Å². The molecule has 0 N–H and O–H groups in total. The summed E-state index contributed by atoms with van der Waals surface area (Å²) in [5, 5.41) is 1.49. The van der Waals surface area contributed by atoms with Gasteiger partial charge in [-0.25, -0.2) is 4.58 Å². The van der Waals surface area contributed by atoms with Crippen LogP contribution in [0.25, 0.3) is 0 Å². The van der Waals surface area contributed by atoms with E-state index < -0.39 is 0 Å². The fraction of sp³-hybridized carbons (Fsp3) is 0.833. The quantitative estimate of drug-likeness (QED) is 0.395. The Kier molecular flexibility index (Phi) is 4.93. The first kappa shape index (κ1) is 9.75. The minimum absolute atomic E-state index is 0. The number of thioether (sulfide) groups is 1. The van der Waals surface area contributed by atoms with Gasteiger partial charge in [-0.05, 0) is 6.92 Å². The maximum atomic E-state index is 2.41. The summed E-state index contributed by atoms with van der Waals surface area (Å²) in [6.45, 7) is 6.84. The van der Waals surface area contributed by atoms with Crippen molar-refractivity contribution in [3.8, 4) is 0 Å². The highest BCUT2D eigenvalue weighted by atomic mass is 127. The summed E-state index contributed by atoms with van der Waals surface area (Å²) < 4.78 is 2.41. The van der Waals surface area contributed by atoms with E-state index in [1.165, 1.54) is 23.9 Å². The molecule has 0 radical (unpaired) electrons. The first-order valence-corrected chi connectivity index (χ1v) is 4.04. The van der Waals surface area contributed by atoms with Gasteiger partial charge in [0.15, 0.2) is 6.54 Å². The second kappa shape index (κ2) is 4.55. The van der Waals surface area contributed by atoms with Crippen molar-refractivity contribution in [3.63, 3.8) is 0 Å². The predicted molar refractivity (Wildman–Crippen MR) is 38.8 cm³/mol. The normalized spacial score (nSPS) is 18.0. The van der Waals surface area contributed by atoms with Gasteiger partial charge in [-0.1, -0.05) is 11.8 Å². The minimum Gasteiger partial charge on any atom is -1.00 e. The number of hydrogen-bond acceptors (Lipinski definition) is 1. The van der Waals surface area contributed by atoms with Crippen molar-refractivity contribution in [3.05, 3.63) is 0 Å². The number of nitrogens with zero attached hydrogens (tertiary/aromatic N) is 1. The van der Waals surface area contributed by atoms with E-state index in [9.17, 15) is 0 Å². The van der Waals surface area contributed by atoms with Crippen molar-refractivity contribution in [1.82, 2.24) is 0 Å². The van der Waals surface area contributed by atoms with Gasteiger partial charge in [0.1, 0.15) is 6.54 Å². The topological polar surface area (TPSA) is 3.01 Å². The molecular formula is C6H12INS. The molecule has 0 aromatic heterocycles. The molecule has 1 rings (SSSR count). The standard InChI is InChI=1S/C6H12NS.HI/c1-3-7-4-5-8-6(7)2;/h3-5H2,1-2H3;1H/q+1;/p-1. The van der Waals surface area contributed by atoms with Crippen LogP contribution in [0, 0.1) is 0 Å². The van der Waals surface area contributed by atoms with Crippen LogP contribution in [0.5, 0.6) is 0 Å². The number of rotatable bonds is 1. The van der Waals surface area contributed by atoms with Crippen molar-refractivity contribution in [2.24, 2.45) is 0 Å². The van der Waals surface area contributed by atoms with Gasteiger partial charge in [0.2, 0.25) is 5.04 Å². The molecule has 0 fully saturated rings. The maximum Gasteiger partial charge on any atom is 0.207 e. The van der Waals surface area contributed by atoms with Crippen LogP contribution in [-0.4, -0.2) is 28.5 Å². The Hall–Kier alpha value is 0.750. The lowest BCUT2D eigenvalue weighted by molar-refractivity contribution is -0.514. The van der Waals surface area contributed by atoms with E-state index in [0.29, 0.717) is 0 Å². The van der Waals surface area contributed by atoms with Crippen LogP contribution >= 0.6 is 11.8 Å². The zero-order chi connectivity index (χ0) is 5.98. The van der Waals surface area contributed by atoms with Crippen LogP contribution in [0.3, 0.4) is 0 Å². The van der Waals surface area contributed by atoms with Gasteiger partial charge in [0.05, 0.1) is 5.75 Å². The fourth-order valence-corrected chi connectivity index (χ4v) is 1.94. The largest absolute Gasteiger partial charge is 1.00 e. The Bertz CT molecular complexity index is 122. The molecule has 0 unspecified atom stereocenters. The summed E-state index contributed by atoms with van der Waals surface area (Å²) in [7, 11) is 0. The average molecular weight is 257 g/mol. The molecule has 1 aliphatic heterocycles. The van der Waals surface area contributed by atoms with E-state index in [4.69, 9.17) is 0 Å². The second-order valence-corrected chi connectivity index (χ2v) is 3.23. The Labute approximate surface area is 77.9 Å². The van der Waals surface area contributed by atoms with Gasteiger partial charge >= 0.3 is 0 Å². The molecule has 1 aliphatic rings. The molecule has 0 atom stereocenters. The van der Waals surface area contributed by atoms with Crippen molar-refractivity contribution in [1.29, 1.82) is 0 Å². The lowest BCUT2D eigenvalue weighted by atomic mass is 10.6. The van der Waals surface area contributed by atoms with E-state index in [1.807, 2.05) is 11.8 Å². The molecule has 3 heteroatoms. The Balaban J connectivity index is 0.000000640. The van der Waals surface area contributed by atoms with E-state index >= 15 is 0 Å². The Morgan fingerprint density at radius 3 is 2.56 bits per heavy atom. The van der Waals surface area contributed by atoms with Crippen LogP contribution in [0.2, 0.25) is 0 Å². The first-order chi connectivity index (χ1) is 3.84. The van der Waals surface area contributed by atoms with Crippen LogP contribution in [0.15, 0.2) is 0 Å². The third-order valence-corrected chi connectivity index (χ3v) is 2.56. The van der Waals surface area contributed by atoms with Crippen LogP contribution < -0.4 is 24.0 Å². The van der Waals surface area contributed by atoms with Crippen molar-refractivity contribution in [2.45, 2.75) is 13.8 Å². The lowest BCUT2D eigenvalue weighted by Crippen LogP contribution is -3.00. The van der Waals surface area contributed by atoms with E-state index in [1.54, 1.807) is 0 Å². The lowest BCUT2D eigenvalue weighted by Gasteiger charge is -1.89. The van der Waals surface area contributed by atoms with E-state index in [2.05, 4.69) is 18.4 Å². The Morgan fingerprint density at radius 2 is 2.33 bits per heavy atom. The molecule has 0 bridgehead atoms. The number of halogens is 1. The van der Waals surface area contributed by atoms with Gasteiger partial charge < -0.3 is 24.0 Å². The van der Waals surface area contributed by atoms with E-state index in [0.717, 1.165) is 0 Å². The third-order valence-electron chi connectivity index (χ3n) is 1.50. The Morgan fingerprint density at radius 1 is 1.67 bits per heavy atom. The van der Waals surface area contributed by atoms with Gasteiger partial charge in [-0.15, -0.1) is 0 Å².